The number of likely N-dealkylation sites (tertiary alicyclic amines) is 1. The summed E-state index contributed by atoms with van der Waals surface area (Å²) in [5, 5.41) is 0.624. The molecule has 2 aromatic carbocycles. The molecule has 5 heteroatoms. The van der Waals surface area contributed by atoms with E-state index in [0.29, 0.717) is 34.6 Å². The molecule has 4 rings (SSSR count). The molecule has 0 atom stereocenters. The van der Waals surface area contributed by atoms with Crippen molar-refractivity contribution in [2.45, 2.75) is 32.7 Å². The monoisotopic (exact) mass is 405 g/mol. The first-order valence-electron chi connectivity index (χ1n) is 10.8. The number of ether oxygens (including phenoxy) is 1. The zero-order valence-electron chi connectivity index (χ0n) is 17.4. The van der Waals surface area contributed by atoms with Crippen molar-refractivity contribution >= 4 is 16.9 Å². The van der Waals surface area contributed by atoms with Gasteiger partial charge in [0.05, 0.1) is 25.3 Å². The largest absolute Gasteiger partial charge is 0.461 e. The lowest BCUT2D eigenvalue weighted by atomic mass is 9.90. The van der Waals surface area contributed by atoms with Crippen molar-refractivity contribution in [3.8, 4) is 0 Å². The lowest BCUT2D eigenvalue weighted by Gasteiger charge is -2.29. The molecule has 1 aliphatic rings. The third kappa shape index (κ3) is 4.46. The van der Waals surface area contributed by atoms with Crippen molar-refractivity contribution < 1.29 is 14.4 Å². The number of aromatic nitrogens is 1. The molecule has 1 saturated heterocycles. The number of pyridine rings is 1. The van der Waals surface area contributed by atoms with Gasteiger partial charge in [-0.15, -0.1) is 0 Å². The highest BCUT2D eigenvalue weighted by atomic mass is 16.5. The van der Waals surface area contributed by atoms with Crippen LogP contribution < -0.4 is 10.3 Å². The molecule has 1 fully saturated rings. The van der Waals surface area contributed by atoms with E-state index >= 15 is 0 Å². The Morgan fingerprint density at radius 2 is 1.77 bits per heavy atom. The maximum atomic E-state index is 13.2. The molecule has 1 aromatic heterocycles. The Morgan fingerprint density at radius 3 is 2.50 bits per heavy atom. The van der Waals surface area contributed by atoms with Gasteiger partial charge in [-0.3, -0.25) is 4.79 Å². The molecule has 3 aromatic rings. The predicted octanol–water partition coefficient (Wildman–Crippen LogP) is 2.74. The summed E-state index contributed by atoms with van der Waals surface area (Å²) in [4.78, 5) is 30.3. The Labute approximate surface area is 176 Å². The fourth-order valence-corrected chi connectivity index (χ4v) is 4.49. The fourth-order valence-electron chi connectivity index (χ4n) is 4.49. The van der Waals surface area contributed by atoms with E-state index in [9.17, 15) is 9.59 Å². The van der Waals surface area contributed by atoms with Gasteiger partial charge in [0.25, 0.3) is 0 Å². The SMILES string of the molecule is CCOC(=O)c1[nH]c2ccccc2c(=O)c1C[NH+]1CCC(Cc2ccccc2)CC1. The third-order valence-corrected chi connectivity index (χ3v) is 6.09. The first kappa shape index (κ1) is 20.4. The van der Waals surface area contributed by atoms with Gasteiger partial charge in [0.15, 0.2) is 5.43 Å². The molecular weight excluding hydrogens is 376 g/mol. The second-order valence-corrected chi connectivity index (χ2v) is 8.13. The van der Waals surface area contributed by atoms with Crippen LogP contribution in [0.5, 0.6) is 0 Å². The second-order valence-electron chi connectivity index (χ2n) is 8.13. The minimum absolute atomic E-state index is 0.0636. The molecule has 0 aliphatic carbocycles. The molecule has 2 heterocycles. The van der Waals surface area contributed by atoms with Gasteiger partial charge < -0.3 is 14.6 Å². The van der Waals surface area contributed by atoms with Crippen LogP contribution in [-0.2, 0) is 17.7 Å². The number of hydrogen-bond donors (Lipinski definition) is 2. The molecule has 0 saturated carbocycles. The number of hydrogen-bond acceptors (Lipinski definition) is 3. The first-order chi connectivity index (χ1) is 14.7. The number of para-hydroxylation sites is 1. The van der Waals surface area contributed by atoms with Gasteiger partial charge in [-0.25, -0.2) is 4.79 Å². The molecule has 5 nitrogen and oxygen atoms in total. The summed E-state index contributed by atoms with van der Waals surface area (Å²) in [5.41, 5.74) is 2.85. The van der Waals surface area contributed by atoms with Crippen LogP contribution in [0.2, 0.25) is 0 Å². The van der Waals surface area contributed by atoms with E-state index in [0.717, 1.165) is 32.4 Å². The van der Waals surface area contributed by atoms with E-state index in [1.165, 1.54) is 10.5 Å². The lowest BCUT2D eigenvalue weighted by molar-refractivity contribution is -0.919. The molecule has 0 bridgehead atoms. The zero-order valence-corrected chi connectivity index (χ0v) is 17.4. The Morgan fingerprint density at radius 1 is 1.07 bits per heavy atom. The number of nitrogens with one attached hydrogen (secondary N) is 2. The minimum Gasteiger partial charge on any atom is -0.461 e. The topological polar surface area (TPSA) is 63.6 Å². The van der Waals surface area contributed by atoms with Crippen LogP contribution in [0.3, 0.4) is 0 Å². The van der Waals surface area contributed by atoms with Gasteiger partial charge in [0.1, 0.15) is 12.2 Å². The van der Waals surface area contributed by atoms with E-state index in [1.54, 1.807) is 6.92 Å². The van der Waals surface area contributed by atoms with Crippen LogP contribution in [0.15, 0.2) is 59.4 Å². The molecule has 1 aliphatic heterocycles. The number of quaternary nitrogens is 1. The summed E-state index contributed by atoms with van der Waals surface area (Å²) in [7, 11) is 0. The number of carbonyl (C=O) groups excluding carboxylic acids is 1. The number of piperidine rings is 1. The number of fused-ring (bicyclic) bond motifs is 1. The summed E-state index contributed by atoms with van der Waals surface area (Å²) < 4.78 is 5.23. The summed E-state index contributed by atoms with van der Waals surface area (Å²) >= 11 is 0. The van der Waals surface area contributed by atoms with Crippen LogP contribution in [0.1, 0.15) is 41.4 Å². The molecule has 2 N–H and O–H groups in total. The van der Waals surface area contributed by atoms with Crippen molar-refractivity contribution in [3.63, 3.8) is 0 Å². The molecule has 0 amide bonds. The maximum Gasteiger partial charge on any atom is 0.355 e. The normalized spacial score (nSPS) is 19.0. The number of benzene rings is 2. The van der Waals surface area contributed by atoms with Gasteiger partial charge in [-0.2, -0.15) is 0 Å². The average Bonchev–Trinajstić information content (AvgIpc) is 2.78. The van der Waals surface area contributed by atoms with Crippen molar-refractivity contribution in [1.29, 1.82) is 0 Å². The van der Waals surface area contributed by atoms with E-state index < -0.39 is 5.97 Å². The lowest BCUT2D eigenvalue weighted by Crippen LogP contribution is -3.12. The maximum absolute atomic E-state index is 13.2. The second kappa shape index (κ2) is 9.26. The van der Waals surface area contributed by atoms with E-state index in [1.807, 2.05) is 24.3 Å². The van der Waals surface area contributed by atoms with Crippen LogP contribution in [0, 0.1) is 5.92 Å². The van der Waals surface area contributed by atoms with Gasteiger partial charge >= 0.3 is 5.97 Å². The van der Waals surface area contributed by atoms with Crippen LogP contribution in [0.25, 0.3) is 10.9 Å². The molecule has 0 unspecified atom stereocenters. The van der Waals surface area contributed by atoms with E-state index in [4.69, 9.17) is 4.74 Å². The van der Waals surface area contributed by atoms with Gasteiger partial charge in [0, 0.05) is 10.9 Å². The summed E-state index contributed by atoms with van der Waals surface area (Å²) in [5.74, 6) is 0.226. The Hall–Kier alpha value is -2.92. The van der Waals surface area contributed by atoms with Crippen molar-refractivity contribution in [3.05, 3.63) is 81.6 Å². The molecular formula is C25H29N2O3+. The number of aromatic amines is 1. The molecule has 0 spiro atoms. The number of esters is 1. The predicted molar refractivity (Wildman–Crippen MR) is 118 cm³/mol. The zero-order chi connectivity index (χ0) is 20.9. The van der Waals surface area contributed by atoms with Crippen molar-refractivity contribution in [2.75, 3.05) is 19.7 Å². The number of carbonyl (C=O) groups is 1. The Balaban J connectivity index is 1.52. The summed E-state index contributed by atoms with van der Waals surface area (Å²) in [6, 6.07) is 18.0. The number of H-pyrrole nitrogens is 1. The van der Waals surface area contributed by atoms with E-state index in [2.05, 4.69) is 35.3 Å². The standard InChI is InChI=1S/C25H28N2O3/c1-2-30-25(29)23-21(24(28)20-10-6-7-11-22(20)26-23)17-27-14-12-19(13-15-27)16-18-8-4-3-5-9-18/h3-11,19H,2,12-17H2,1H3,(H,26,28)/p+1. The van der Waals surface area contributed by atoms with Crippen molar-refractivity contribution in [1.82, 2.24) is 4.98 Å². The minimum atomic E-state index is -0.450. The molecule has 30 heavy (non-hydrogen) atoms. The van der Waals surface area contributed by atoms with Crippen LogP contribution in [-0.4, -0.2) is 30.6 Å². The highest BCUT2D eigenvalue weighted by molar-refractivity contribution is 5.92. The highest BCUT2D eigenvalue weighted by Gasteiger charge is 2.27. The molecule has 156 valence electrons. The number of rotatable bonds is 6. The van der Waals surface area contributed by atoms with Gasteiger partial charge in [0.2, 0.25) is 0 Å². The van der Waals surface area contributed by atoms with Crippen molar-refractivity contribution in [2.24, 2.45) is 5.92 Å². The van der Waals surface area contributed by atoms with E-state index in [-0.39, 0.29) is 12.0 Å². The fraction of sp³-hybridized carbons (Fsp3) is 0.360. The Bertz CT molecular complexity index is 1070. The first-order valence-corrected chi connectivity index (χ1v) is 10.8. The Kier molecular flexibility index (Phi) is 6.29. The summed E-state index contributed by atoms with van der Waals surface area (Å²) in [6.07, 6.45) is 3.37. The van der Waals surface area contributed by atoms with Crippen LogP contribution in [0.4, 0.5) is 0 Å². The smallest absolute Gasteiger partial charge is 0.355 e. The van der Waals surface area contributed by atoms with Gasteiger partial charge in [-0.1, -0.05) is 42.5 Å². The summed E-state index contributed by atoms with van der Waals surface area (Å²) in [6.45, 7) is 4.62. The quantitative estimate of drug-likeness (QED) is 0.620. The highest BCUT2D eigenvalue weighted by Crippen LogP contribution is 2.17. The van der Waals surface area contributed by atoms with Crippen LogP contribution >= 0.6 is 0 Å². The molecule has 0 radical (unpaired) electrons. The average molecular weight is 406 g/mol. The van der Waals surface area contributed by atoms with Gasteiger partial charge in [-0.05, 0) is 49.8 Å². The third-order valence-electron chi connectivity index (χ3n) is 6.09.